The highest BCUT2D eigenvalue weighted by atomic mass is 32.2. The molecule has 0 spiro atoms. The number of fused-ring (bicyclic) bond motifs is 1. The summed E-state index contributed by atoms with van der Waals surface area (Å²) >= 11 is 6.97. The molecule has 0 bridgehead atoms. The van der Waals surface area contributed by atoms with Gasteiger partial charge in [0.25, 0.3) is 0 Å². The minimum absolute atomic E-state index is 0.288. The smallest absolute Gasteiger partial charge is 0.182 e. The van der Waals surface area contributed by atoms with E-state index in [0.717, 1.165) is 16.1 Å². The Morgan fingerprint density at radius 1 is 1.16 bits per heavy atom. The van der Waals surface area contributed by atoms with Gasteiger partial charge in [-0.05, 0) is 42.7 Å². The van der Waals surface area contributed by atoms with Crippen LogP contribution in [0.25, 0.3) is 16.7 Å². The number of rotatable bonds is 2. The molecule has 0 amide bonds. The Hall–Kier alpha value is -1.59. The lowest BCUT2D eigenvalue weighted by Gasteiger charge is -2.09. The fourth-order valence-corrected chi connectivity index (χ4v) is 3.03. The molecular formula is C14H11FN2S2. The summed E-state index contributed by atoms with van der Waals surface area (Å²) in [6.07, 6.45) is 2.01. The number of aromatic nitrogens is 2. The topological polar surface area (TPSA) is 20.7 Å². The zero-order valence-corrected chi connectivity index (χ0v) is 11.8. The van der Waals surface area contributed by atoms with Crippen molar-refractivity contribution in [2.45, 2.75) is 4.90 Å². The number of H-pyrrole nitrogens is 1. The molecule has 0 aliphatic rings. The molecule has 5 heteroatoms. The third-order valence-corrected chi connectivity index (χ3v) is 4.06. The van der Waals surface area contributed by atoms with Crippen LogP contribution < -0.4 is 0 Å². The second-order valence-electron chi connectivity index (χ2n) is 4.07. The summed E-state index contributed by atoms with van der Waals surface area (Å²) in [4.78, 5) is 4.04. The summed E-state index contributed by atoms with van der Waals surface area (Å²) in [6.45, 7) is 0. The molecule has 0 saturated carbocycles. The minimum Gasteiger partial charge on any atom is -0.328 e. The third kappa shape index (κ3) is 1.99. The first-order valence-corrected chi connectivity index (χ1v) is 7.38. The molecule has 1 heterocycles. The molecule has 96 valence electrons. The van der Waals surface area contributed by atoms with E-state index in [-0.39, 0.29) is 5.82 Å². The Bertz CT molecular complexity index is 805. The Morgan fingerprint density at radius 2 is 1.95 bits per heavy atom. The molecule has 19 heavy (non-hydrogen) atoms. The zero-order valence-electron chi connectivity index (χ0n) is 10.2. The van der Waals surface area contributed by atoms with Crippen LogP contribution in [0.5, 0.6) is 0 Å². The quantitative estimate of drug-likeness (QED) is 0.552. The van der Waals surface area contributed by atoms with Crippen LogP contribution in [0, 0.1) is 10.6 Å². The Labute approximate surface area is 119 Å². The molecule has 0 aliphatic heterocycles. The average Bonchev–Trinajstić information content (AvgIpc) is 2.76. The molecule has 0 fully saturated rings. The van der Waals surface area contributed by atoms with E-state index in [9.17, 15) is 4.39 Å². The number of halogens is 1. The summed E-state index contributed by atoms with van der Waals surface area (Å²) in [7, 11) is 0. The second-order valence-corrected chi connectivity index (χ2v) is 5.31. The number of hydrogen-bond donors (Lipinski definition) is 1. The van der Waals surface area contributed by atoms with Crippen molar-refractivity contribution in [3.63, 3.8) is 0 Å². The van der Waals surface area contributed by atoms with Crippen molar-refractivity contribution >= 4 is 35.0 Å². The molecule has 0 atom stereocenters. The van der Waals surface area contributed by atoms with Crippen LogP contribution in [0.15, 0.2) is 47.4 Å². The number of imidazole rings is 1. The van der Waals surface area contributed by atoms with Gasteiger partial charge in [-0.2, -0.15) is 0 Å². The predicted molar refractivity (Wildman–Crippen MR) is 80.2 cm³/mol. The highest BCUT2D eigenvalue weighted by Gasteiger charge is 2.11. The van der Waals surface area contributed by atoms with Gasteiger partial charge in [-0.1, -0.05) is 18.2 Å². The highest BCUT2D eigenvalue weighted by molar-refractivity contribution is 7.98. The fraction of sp³-hybridized carbons (Fsp3) is 0.0714. The van der Waals surface area contributed by atoms with Crippen molar-refractivity contribution in [2.75, 3.05) is 6.26 Å². The number of nitrogens with one attached hydrogen (secondary N) is 1. The molecule has 1 N–H and O–H groups in total. The average molecular weight is 290 g/mol. The van der Waals surface area contributed by atoms with Crippen LogP contribution in [-0.4, -0.2) is 15.8 Å². The van der Waals surface area contributed by atoms with E-state index in [0.29, 0.717) is 10.3 Å². The number of benzene rings is 2. The van der Waals surface area contributed by atoms with Crippen molar-refractivity contribution in [1.29, 1.82) is 0 Å². The molecule has 2 aromatic carbocycles. The second kappa shape index (κ2) is 4.83. The molecular weight excluding hydrogens is 279 g/mol. The van der Waals surface area contributed by atoms with E-state index in [1.165, 1.54) is 6.07 Å². The van der Waals surface area contributed by atoms with Gasteiger partial charge in [0.15, 0.2) is 4.77 Å². The largest absolute Gasteiger partial charge is 0.328 e. The monoisotopic (exact) mass is 290 g/mol. The SMILES string of the molecule is CSc1ccccc1-n1c(=S)[nH]c2c(F)cccc21. The molecule has 0 unspecified atom stereocenters. The van der Waals surface area contributed by atoms with Gasteiger partial charge in [-0.15, -0.1) is 11.8 Å². The molecule has 2 nitrogen and oxygen atoms in total. The number of aromatic amines is 1. The number of hydrogen-bond acceptors (Lipinski definition) is 2. The highest BCUT2D eigenvalue weighted by Crippen LogP contribution is 2.28. The predicted octanol–water partition coefficient (Wildman–Crippen LogP) is 4.55. The minimum atomic E-state index is -0.288. The summed E-state index contributed by atoms with van der Waals surface area (Å²) in [5, 5.41) is 0. The van der Waals surface area contributed by atoms with Gasteiger partial charge in [-0.25, -0.2) is 4.39 Å². The molecule has 3 aromatic rings. The Balaban J connectivity index is 2.40. The van der Waals surface area contributed by atoms with Gasteiger partial charge >= 0.3 is 0 Å². The third-order valence-electron chi connectivity index (χ3n) is 2.99. The van der Waals surface area contributed by atoms with Crippen molar-refractivity contribution in [1.82, 2.24) is 9.55 Å². The zero-order chi connectivity index (χ0) is 13.4. The molecule has 0 radical (unpaired) electrons. The summed E-state index contributed by atoms with van der Waals surface area (Å²) < 4.78 is 16.2. The molecule has 0 aliphatic carbocycles. The summed E-state index contributed by atoms with van der Waals surface area (Å²) in [6, 6.07) is 12.9. The Kier molecular flexibility index (Phi) is 3.16. The number of nitrogens with zero attached hydrogens (tertiary/aromatic N) is 1. The maximum atomic E-state index is 13.8. The molecule has 1 aromatic heterocycles. The standard InChI is InChI=1S/C14H11FN2S2/c1-19-12-8-3-2-6-10(12)17-11-7-4-5-9(15)13(11)16-14(17)18/h2-8H,1H3,(H,16,18). The summed E-state index contributed by atoms with van der Waals surface area (Å²) in [5.41, 5.74) is 2.17. The van der Waals surface area contributed by atoms with Crippen LogP contribution in [0.2, 0.25) is 0 Å². The van der Waals surface area contributed by atoms with Crippen LogP contribution >= 0.6 is 24.0 Å². The maximum absolute atomic E-state index is 13.8. The first kappa shape index (κ1) is 12.4. The van der Waals surface area contributed by atoms with Crippen LogP contribution in [0.4, 0.5) is 4.39 Å². The van der Waals surface area contributed by atoms with Gasteiger partial charge in [0.05, 0.1) is 11.2 Å². The fourth-order valence-electron chi connectivity index (χ4n) is 2.15. The van der Waals surface area contributed by atoms with Crippen LogP contribution in [0.3, 0.4) is 0 Å². The van der Waals surface area contributed by atoms with Gasteiger partial charge in [0.2, 0.25) is 0 Å². The van der Waals surface area contributed by atoms with Gasteiger partial charge in [-0.3, -0.25) is 4.57 Å². The molecule has 3 rings (SSSR count). The van der Waals surface area contributed by atoms with Crippen molar-refractivity contribution in [3.05, 3.63) is 53.1 Å². The van der Waals surface area contributed by atoms with E-state index in [1.807, 2.05) is 41.2 Å². The summed E-state index contributed by atoms with van der Waals surface area (Å²) in [5.74, 6) is -0.288. The van der Waals surface area contributed by atoms with Crippen molar-refractivity contribution < 1.29 is 4.39 Å². The number of para-hydroxylation sites is 2. The lowest BCUT2D eigenvalue weighted by atomic mass is 10.2. The van der Waals surface area contributed by atoms with E-state index in [4.69, 9.17) is 12.2 Å². The van der Waals surface area contributed by atoms with Crippen LogP contribution in [-0.2, 0) is 0 Å². The molecule has 0 saturated heterocycles. The maximum Gasteiger partial charge on any atom is 0.182 e. The number of thioether (sulfide) groups is 1. The van der Waals surface area contributed by atoms with Crippen molar-refractivity contribution in [3.8, 4) is 5.69 Å². The van der Waals surface area contributed by atoms with E-state index in [2.05, 4.69) is 4.98 Å². The first-order chi connectivity index (χ1) is 9.22. The first-order valence-electron chi connectivity index (χ1n) is 5.75. The normalized spacial score (nSPS) is 11.1. The van der Waals surface area contributed by atoms with Crippen molar-refractivity contribution in [2.24, 2.45) is 0 Å². The van der Waals surface area contributed by atoms with E-state index < -0.39 is 0 Å². The van der Waals surface area contributed by atoms with Gasteiger partial charge in [0, 0.05) is 4.90 Å². The Morgan fingerprint density at radius 3 is 2.74 bits per heavy atom. The van der Waals surface area contributed by atoms with E-state index >= 15 is 0 Å². The van der Waals surface area contributed by atoms with Gasteiger partial charge in [0.1, 0.15) is 11.3 Å². The van der Waals surface area contributed by atoms with Crippen LogP contribution in [0.1, 0.15) is 0 Å². The lowest BCUT2D eigenvalue weighted by Crippen LogP contribution is -1.96. The van der Waals surface area contributed by atoms with Gasteiger partial charge < -0.3 is 4.98 Å². The lowest BCUT2D eigenvalue weighted by molar-refractivity contribution is 0.637. The van der Waals surface area contributed by atoms with E-state index in [1.54, 1.807) is 17.8 Å².